The topological polar surface area (TPSA) is 88.1 Å². The maximum atomic E-state index is 12.6. The summed E-state index contributed by atoms with van der Waals surface area (Å²) in [5.74, 6) is 0.237. The van der Waals surface area contributed by atoms with Gasteiger partial charge < -0.3 is 18.9 Å². The standard InChI is InChI=1S/C29H36O7/c1-20(2)27(31)34-18-10-8-7-9-17-33-23-13-11-22(12-14-23)28(32)36-24-15-16-26(35-21(3)30)25(19-24)29(4,5)6/h11-16,19H,1,7-10,17-18H2,2-6H3. The molecule has 0 heterocycles. The third-order valence-corrected chi connectivity index (χ3v) is 5.20. The van der Waals surface area contributed by atoms with E-state index in [9.17, 15) is 14.4 Å². The Morgan fingerprint density at radius 1 is 0.806 bits per heavy atom. The summed E-state index contributed by atoms with van der Waals surface area (Å²) >= 11 is 0. The number of unbranched alkanes of at least 4 members (excludes halogenated alkanes) is 3. The van der Waals surface area contributed by atoms with Gasteiger partial charge in [-0.1, -0.05) is 27.4 Å². The second-order valence-corrected chi connectivity index (χ2v) is 9.59. The molecule has 0 aromatic heterocycles. The summed E-state index contributed by atoms with van der Waals surface area (Å²) in [5, 5.41) is 0. The van der Waals surface area contributed by atoms with Crippen molar-refractivity contribution in [1.82, 2.24) is 0 Å². The lowest BCUT2D eigenvalue weighted by Gasteiger charge is -2.22. The number of benzene rings is 2. The zero-order chi connectivity index (χ0) is 26.7. The Morgan fingerprint density at radius 2 is 1.42 bits per heavy atom. The Balaban J connectivity index is 1.81. The van der Waals surface area contributed by atoms with E-state index in [0.29, 0.717) is 41.6 Å². The molecule has 0 aliphatic carbocycles. The van der Waals surface area contributed by atoms with Crippen LogP contribution >= 0.6 is 0 Å². The van der Waals surface area contributed by atoms with Gasteiger partial charge in [0.15, 0.2) is 0 Å². The minimum atomic E-state index is -0.492. The molecule has 2 aromatic rings. The van der Waals surface area contributed by atoms with E-state index >= 15 is 0 Å². The van der Waals surface area contributed by atoms with Crippen LogP contribution in [0, 0.1) is 0 Å². The van der Waals surface area contributed by atoms with Gasteiger partial charge in [0.2, 0.25) is 0 Å². The second kappa shape index (κ2) is 13.5. The Morgan fingerprint density at radius 3 is 2.00 bits per heavy atom. The SMILES string of the molecule is C=C(C)C(=O)OCCCCCCOc1ccc(C(=O)Oc2ccc(OC(C)=O)c(C(C)(C)C)c2)cc1. The van der Waals surface area contributed by atoms with E-state index < -0.39 is 11.9 Å². The molecule has 0 saturated carbocycles. The van der Waals surface area contributed by atoms with Gasteiger partial charge in [-0.25, -0.2) is 9.59 Å². The summed E-state index contributed by atoms with van der Waals surface area (Å²) in [4.78, 5) is 35.3. The molecule has 0 spiro atoms. The third-order valence-electron chi connectivity index (χ3n) is 5.20. The van der Waals surface area contributed by atoms with Crippen molar-refractivity contribution >= 4 is 17.9 Å². The molecule has 36 heavy (non-hydrogen) atoms. The van der Waals surface area contributed by atoms with Gasteiger partial charge in [0.05, 0.1) is 18.8 Å². The predicted octanol–water partition coefficient (Wildman–Crippen LogP) is 6.19. The zero-order valence-electron chi connectivity index (χ0n) is 21.8. The molecule has 7 heteroatoms. The number of rotatable bonds is 12. The van der Waals surface area contributed by atoms with Crippen molar-refractivity contribution in [1.29, 1.82) is 0 Å². The number of hydrogen-bond donors (Lipinski definition) is 0. The highest BCUT2D eigenvalue weighted by atomic mass is 16.5. The van der Waals surface area contributed by atoms with E-state index in [2.05, 4.69) is 6.58 Å². The van der Waals surface area contributed by atoms with E-state index in [4.69, 9.17) is 18.9 Å². The van der Waals surface area contributed by atoms with E-state index in [1.807, 2.05) is 20.8 Å². The first kappa shape index (κ1) is 28.6. The fourth-order valence-electron chi connectivity index (χ4n) is 3.29. The first-order chi connectivity index (χ1) is 17.0. The van der Waals surface area contributed by atoms with Crippen molar-refractivity contribution in [3.63, 3.8) is 0 Å². The average molecular weight is 497 g/mol. The van der Waals surface area contributed by atoms with E-state index in [1.54, 1.807) is 49.4 Å². The number of carbonyl (C=O) groups excluding carboxylic acids is 3. The lowest BCUT2D eigenvalue weighted by atomic mass is 9.86. The van der Waals surface area contributed by atoms with Crippen molar-refractivity contribution in [3.05, 3.63) is 65.7 Å². The molecule has 2 rings (SSSR count). The Labute approximate surface area is 213 Å². The van der Waals surface area contributed by atoms with Gasteiger partial charge in [-0.2, -0.15) is 0 Å². The van der Waals surface area contributed by atoms with Crippen LogP contribution in [-0.2, 0) is 19.7 Å². The van der Waals surface area contributed by atoms with Crippen LogP contribution in [0.3, 0.4) is 0 Å². The van der Waals surface area contributed by atoms with Crippen LogP contribution in [0.4, 0.5) is 0 Å². The molecule has 0 fully saturated rings. The second-order valence-electron chi connectivity index (χ2n) is 9.59. The number of carbonyl (C=O) groups is 3. The highest BCUT2D eigenvalue weighted by molar-refractivity contribution is 5.91. The van der Waals surface area contributed by atoms with Crippen LogP contribution in [0.2, 0.25) is 0 Å². The molecule has 0 unspecified atom stereocenters. The van der Waals surface area contributed by atoms with Gasteiger partial charge in [0.1, 0.15) is 17.2 Å². The van der Waals surface area contributed by atoms with E-state index in [0.717, 1.165) is 31.2 Å². The molecule has 0 aliphatic heterocycles. The number of ether oxygens (including phenoxy) is 4. The summed E-state index contributed by atoms with van der Waals surface area (Å²) in [5.41, 5.74) is 1.25. The van der Waals surface area contributed by atoms with Crippen molar-refractivity contribution < 1.29 is 33.3 Å². The van der Waals surface area contributed by atoms with Crippen molar-refractivity contribution in [3.8, 4) is 17.2 Å². The summed E-state index contributed by atoms with van der Waals surface area (Å²) < 4.78 is 21.7. The maximum absolute atomic E-state index is 12.6. The fraction of sp³-hybridized carbons (Fsp3) is 0.414. The van der Waals surface area contributed by atoms with E-state index in [1.165, 1.54) is 6.92 Å². The quantitative estimate of drug-likeness (QED) is 0.150. The Hall–Kier alpha value is -3.61. The van der Waals surface area contributed by atoms with Crippen LogP contribution in [0.15, 0.2) is 54.6 Å². The molecule has 2 aromatic carbocycles. The van der Waals surface area contributed by atoms with Gasteiger partial charge in [-0.3, -0.25) is 4.79 Å². The van der Waals surface area contributed by atoms with Gasteiger partial charge in [0.25, 0.3) is 0 Å². The minimum Gasteiger partial charge on any atom is -0.494 e. The van der Waals surface area contributed by atoms with Crippen LogP contribution in [0.1, 0.15) is 76.2 Å². The summed E-state index contributed by atoms with van der Waals surface area (Å²) in [6.07, 6.45) is 3.58. The molecular formula is C29H36O7. The highest BCUT2D eigenvalue weighted by Gasteiger charge is 2.22. The number of esters is 3. The molecule has 0 radical (unpaired) electrons. The molecule has 0 atom stereocenters. The molecule has 0 N–H and O–H groups in total. The van der Waals surface area contributed by atoms with Crippen LogP contribution in [-0.4, -0.2) is 31.1 Å². The predicted molar refractivity (Wildman–Crippen MR) is 138 cm³/mol. The van der Waals surface area contributed by atoms with Gasteiger partial charge >= 0.3 is 17.9 Å². The summed E-state index contributed by atoms with van der Waals surface area (Å²) in [6.45, 7) is 13.4. The highest BCUT2D eigenvalue weighted by Crippen LogP contribution is 2.34. The van der Waals surface area contributed by atoms with Crippen molar-refractivity contribution in [2.75, 3.05) is 13.2 Å². The molecule has 0 aliphatic rings. The van der Waals surface area contributed by atoms with Crippen molar-refractivity contribution in [2.45, 2.75) is 65.7 Å². The maximum Gasteiger partial charge on any atom is 0.343 e. The lowest BCUT2D eigenvalue weighted by molar-refractivity contribution is -0.139. The van der Waals surface area contributed by atoms with Crippen LogP contribution in [0.25, 0.3) is 0 Å². The fourth-order valence-corrected chi connectivity index (χ4v) is 3.29. The molecule has 0 saturated heterocycles. The average Bonchev–Trinajstić information content (AvgIpc) is 2.80. The Kier molecular flexibility index (Phi) is 10.7. The van der Waals surface area contributed by atoms with Gasteiger partial charge in [-0.15, -0.1) is 0 Å². The van der Waals surface area contributed by atoms with Gasteiger partial charge in [0, 0.05) is 18.1 Å². The normalized spacial score (nSPS) is 10.9. The lowest BCUT2D eigenvalue weighted by Crippen LogP contribution is -2.16. The molecule has 194 valence electrons. The minimum absolute atomic E-state index is 0.316. The molecular weight excluding hydrogens is 460 g/mol. The number of hydrogen-bond acceptors (Lipinski definition) is 7. The first-order valence-corrected chi connectivity index (χ1v) is 12.1. The third kappa shape index (κ3) is 9.56. The largest absolute Gasteiger partial charge is 0.494 e. The molecule has 0 amide bonds. The Bertz CT molecular complexity index is 1060. The zero-order valence-corrected chi connectivity index (χ0v) is 21.8. The van der Waals surface area contributed by atoms with Crippen molar-refractivity contribution in [2.24, 2.45) is 0 Å². The molecule has 0 bridgehead atoms. The monoisotopic (exact) mass is 496 g/mol. The van der Waals surface area contributed by atoms with Gasteiger partial charge in [-0.05, 0) is 80.5 Å². The smallest absolute Gasteiger partial charge is 0.343 e. The van der Waals surface area contributed by atoms with Crippen LogP contribution in [0.5, 0.6) is 17.2 Å². The first-order valence-electron chi connectivity index (χ1n) is 12.1. The van der Waals surface area contributed by atoms with E-state index in [-0.39, 0.29) is 11.4 Å². The summed E-state index contributed by atoms with van der Waals surface area (Å²) in [7, 11) is 0. The van der Waals surface area contributed by atoms with Crippen LogP contribution < -0.4 is 14.2 Å². The molecule has 7 nitrogen and oxygen atoms in total. The summed E-state index contributed by atoms with van der Waals surface area (Å²) in [6, 6.07) is 11.7.